The maximum absolute atomic E-state index is 14.2. The van der Waals surface area contributed by atoms with Gasteiger partial charge < -0.3 is 42.4 Å². The molecule has 1 saturated heterocycles. The molecule has 2 aliphatic heterocycles. The number of hydrogen-bond acceptors (Lipinski definition) is 10. The highest BCUT2D eigenvalue weighted by atomic mass is 16.5. The van der Waals surface area contributed by atoms with E-state index in [1.54, 1.807) is 4.68 Å². The van der Waals surface area contributed by atoms with Gasteiger partial charge in [0.2, 0.25) is 41.4 Å². The Morgan fingerprint density at radius 3 is 2.56 bits per heavy atom. The zero-order valence-corrected chi connectivity index (χ0v) is 29.8. The van der Waals surface area contributed by atoms with Crippen molar-refractivity contribution in [2.45, 2.75) is 88.7 Å². The number of hydrogen-bond donors (Lipinski definition) is 6. The van der Waals surface area contributed by atoms with Crippen LogP contribution in [0.2, 0.25) is 0 Å². The Labute approximate surface area is 311 Å². The van der Waals surface area contributed by atoms with Crippen LogP contribution in [0.3, 0.4) is 0 Å². The SMILES string of the molecule is NC(=O)CC[C@H](NC(=O)[C@@H]1COCc2cnnn2CCCCC(=O)NCC(=O)N2CCC[C@H]2C(=O)N[C@@H](Cc2cccc3ccccc23)C(=O)N1)C(N)=O. The monoisotopic (exact) mass is 746 g/mol. The van der Waals surface area contributed by atoms with E-state index in [-0.39, 0.29) is 51.3 Å². The summed E-state index contributed by atoms with van der Waals surface area (Å²) in [5, 5.41) is 20.4. The van der Waals surface area contributed by atoms with Gasteiger partial charge >= 0.3 is 0 Å². The summed E-state index contributed by atoms with van der Waals surface area (Å²) in [5.74, 6) is -4.49. The van der Waals surface area contributed by atoms with Crippen molar-refractivity contribution in [2.75, 3.05) is 19.7 Å². The molecule has 1 fully saturated rings. The molecule has 4 atom stereocenters. The molecule has 0 bridgehead atoms. The standard InChI is InChI=1S/C36H46N10O8/c37-30(47)14-13-26(33(38)50)41-35(52)28-21-54-20-24-18-40-44-46(24)16-4-3-12-31(48)39-19-32(49)45-15-6-11-29(45)36(53)42-27(34(51)43-28)17-23-9-5-8-22-7-1-2-10-25(22)23/h1-2,5,7-10,18,26-29H,3-4,6,11-17,19-21H2,(H2,37,47)(H2,38,50)(H,39,48)(H,41,52)(H,42,53)(H,43,51)/t26-,27-,28-,29-/m0/s1. The van der Waals surface area contributed by atoms with Gasteiger partial charge in [-0.2, -0.15) is 0 Å². The van der Waals surface area contributed by atoms with Crippen LogP contribution in [0.15, 0.2) is 48.7 Å². The van der Waals surface area contributed by atoms with E-state index in [0.29, 0.717) is 44.5 Å². The molecule has 0 saturated carbocycles. The second-order valence-electron chi connectivity index (χ2n) is 13.4. The average molecular weight is 747 g/mol. The average Bonchev–Trinajstić information content (AvgIpc) is 3.83. The summed E-state index contributed by atoms with van der Waals surface area (Å²) in [6.45, 7) is -0.0298. The molecule has 288 valence electrons. The van der Waals surface area contributed by atoms with Crippen molar-refractivity contribution in [1.29, 1.82) is 0 Å². The van der Waals surface area contributed by atoms with Gasteiger partial charge in [0, 0.05) is 32.4 Å². The van der Waals surface area contributed by atoms with Gasteiger partial charge in [0.15, 0.2) is 0 Å². The van der Waals surface area contributed by atoms with Gasteiger partial charge in [0.05, 0.1) is 31.6 Å². The summed E-state index contributed by atoms with van der Waals surface area (Å²) in [6.07, 6.45) is 3.21. The van der Waals surface area contributed by atoms with E-state index in [0.717, 1.165) is 16.3 Å². The Morgan fingerprint density at radius 2 is 1.76 bits per heavy atom. The Hall–Kier alpha value is -5.91. The summed E-state index contributed by atoms with van der Waals surface area (Å²) in [5.41, 5.74) is 12.1. The van der Waals surface area contributed by atoms with E-state index in [9.17, 15) is 33.6 Å². The van der Waals surface area contributed by atoms with E-state index < -0.39 is 59.6 Å². The lowest BCUT2D eigenvalue weighted by Gasteiger charge is -2.28. The first-order valence-corrected chi connectivity index (χ1v) is 18.0. The molecule has 1 aromatic heterocycles. The van der Waals surface area contributed by atoms with Gasteiger partial charge in [0.25, 0.3) is 0 Å². The number of aryl methyl sites for hydroxylation is 1. The van der Waals surface area contributed by atoms with E-state index in [1.165, 1.54) is 11.1 Å². The molecular weight excluding hydrogens is 700 g/mol. The molecule has 0 spiro atoms. The molecule has 0 aliphatic carbocycles. The maximum atomic E-state index is 14.2. The van der Waals surface area contributed by atoms with Crippen LogP contribution in [0.1, 0.15) is 56.2 Å². The van der Waals surface area contributed by atoms with Crippen LogP contribution >= 0.6 is 0 Å². The van der Waals surface area contributed by atoms with Crippen LogP contribution in [0.25, 0.3) is 10.8 Å². The number of primary amides is 2. The van der Waals surface area contributed by atoms with Crippen molar-refractivity contribution < 1.29 is 38.3 Å². The number of nitrogens with one attached hydrogen (secondary N) is 4. The third-order valence-electron chi connectivity index (χ3n) is 9.48. The zero-order valence-electron chi connectivity index (χ0n) is 29.8. The molecule has 54 heavy (non-hydrogen) atoms. The van der Waals surface area contributed by atoms with Crippen molar-refractivity contribution in [3.63, 3.8) is 0 Å². The number of nitrogens with zero attached hydrogens (tertiary/aromatic N) is 4. The number of ether oxygens (including phenoxy) is 1. The molecular formula is C36H46N10O8. The van der Waals surface area contributed by atoms with Crippen LogP contribution in [-0.2, 0) is 57.9 Å². The van der Waals surface area contributed by atoms with Gasteiger partial charge in [-0.15, -0.1) is 5.10 Å². The van der Waals surface area contributed by atoms with E-state index in [4.69, 9.17) is 16.2 Å². The van der Waals surface area contributed by atoms with E-state index >= 15 is 0 Å². The number of carbonyl (C=O) groups is 7. The normalized spacial score (nSPS) is 21.4. The molecule has 8 N–H and O–H groups in total. The molecule has 3 aromatic rings. The lowest BCUT2D eigenvalue weighted by Crippen LogP contribution is -2.59. The Bertz CT molecular complexity index is 1860. The third kappa shape index (κ3) is 10.6. The Balaban J connectivity index is 1.46. The van der Waals surface area contributed by atoms with Crippen LogP contribution in [0.5, 0.6) is 0 Å². The van der Waals surface area contributed by atoms with Crippen LogP contribution < -0.4 is 32.7 Å². The fraction of sp³-hybridized carbons (Fsp3) is 0.472. The fourth-order valence-corrected chi connectivity index (χ4v) is 6.58. The highest BCUT2D eigenvalue weighted by Gasteiger charge is 2.37. The van der Waals surface area contributed by atoms with Crippen LogP contribution in [-0.4, -0.2) is 105 Å². The number of fused-ring (bicyclic) bond motifs is 3. The summed E-state index contributed by atoms with van der Waals surface area (Å²) in [4.78, 5) is 92.7. The minimum Gasteiger partial charge on any atom is -0.372 e. The number of rotatable bonds is 8. The summed E-state index contributed by atoms with van der Waals surface area (Å²) in [6, 6.07) is 8.30. The molecule has 0 radical (unpaired) electrons. The maximum Gasteiger partial charge on any atom is 0.245 e. The van der Waals surface area contributed by atoms with Gasteiger partial charge in [-0.05, 0) is 48.4 Å². The molecule has 5 rings (SSSR count). The van der Waals surface area contributed by atoms with Crippen molar-refractivity contribution >= 4 is 52.1 Å². The topological polar surface area (TPSA) is 263 Å². The molecule has 18 nitrogen and oxygen atoms in total. The summed E-state index contributed by atoms with van der Waals surface area (Å²) < 4.78 is 7.49. The predicted molar refractivity (Wildman–Crippen MR) is 192 cm³/mol. The molecule has 2 aromatic carbocycles. The molecule has 3 heterocycles. The third-order valence-corrected chi connectivity index (χ3v) is 9.48. The molecule has 0 unspecified atom stereocenters. The van der Waals surface area contributed by atoms with Gasteiger partial charge in [-0.1, -0.05) is 47.7 Å². The molecule has 18 heteroatoms. The first-order chi connectivity index (χ1) is 26.0. The lowest BCUT2D eigenvalue weighted by atomic mass is 9.97. The number of amides is 7. The van der Waals surface area contributed by atoms with Gasteiger partial charge in [0.1, 0.15) is 24.2 Å². The quantitative estimate of drug-likeness (QED) is 0.159. The van der Waals surface area contributed by atoms with Gasteiger partial charge in [-0.25, -0.2) is 4.68 Å². The molecule has 2 aliphatic rings. The van der Waals surface area contributed by atoms with Crippen LogP contribution in [0.4, 0.5) is 0 Å². The second-order valence-corrected chi connectivity index (χ2v) is 13.4. The first-order valence-electron chi connectivity index (χ1n) is 18.0. The minimum atomic E-state index is -1.40. The highest BCUT2D eigenvalue weighted by Crippen LogP contribution is 2.22. The second kappa shape index (κ2) is 18.7. The number of benzene rings is 2. The summed E-state index contributed by atoms with van der Waals surface area (Å²) >= 11 is 0. The lowest BCUT2D eigenvalue weighted by molar-refractivity contribution is -0.140. The van der Waals surface area contributed by atoms with Crippen molar-refractivity contribution in [1.82, 2.24) is 41.2 Å². The van der Waals surface area contributed by atoms with Crippen molar-refractivity contribution in [3.8, 4) is 0 Å². The number of nitrogens with two attached hydrogens (primary N) is 2. The smallest absolute Gasteiger partial charge is 0.245 e. The fourth-order valence-electron chi connectivity index (χ4n) is 6.58. The highest BCUT2D eigenvalue weighted by molar-refractivity contribution is 5.97. The van der Waals surface area contributed by atoms with Crippen LogP contribution in [0, 0.1) is 0 Å². The largest absolute Gasteiger partial charge is 0.372 e. The molecule has 7 amide bonds. The summed E-state index contributed by atoms with van der Waals surface area (Å²) in [7, 11) is 0. The van der Waals surface area contributed by atoms with Crippen molar-refractivity contribution in [2.24, 2.45) is 11.5 Å². The van der Waals surface area contributed by atoms with E-state index in [2.05, 4.69) is 31.6 Å². The van der Waals surface area contributed by atoms with Gasteiger partial charge in [-0.3, -0.25) is 33.6 Å². The Morgan fingerprint density at radius 1 is 0.963 bits per heavy atom. The first kappa shape index (κ1) is 39.3. The Kier molecular flexibility index (Phi) is 13.6. The minimum absolute atomic E-state index is 0.0121. The van der Waals surface area contributed by atoms with Crippen molar-refractivity contribution in [3.05, 3.63) is 59.9 Å². The van der Waals surface area contributed by atoms with E-state index in [1.807, 2.05) is 42.5 Å². The number of aromatic nitrogens is 3. The predicted octanol–water partition coefficient (Wildman–Crippen LogP) is -1.31. The number of carbonyl (C=O) groups excluding carboxylic acids is 7. The zero-order chi connectivity index (χ0) is 38.6.